The van der Waals surface area contributed by atoms with Gasteiger partial charge in [0.05, 0.1) is 12.2 Å². The summed E-state index contributed by atoms with van der Waals surface area (Å²) in [4.78, 5) is 45.6. The smallest absolute Gasteiger partial charge is 0.313 e. The third-order valence-electron chi connectivity index (χ3n) is 4.97. The van der Waals surface area contributed by atoms with Gasteiger partial charge in [-0.25, -0.2) is 0 Å². The Kier molecular flexibility index (Phi) is 6.94. The molecule has 2 aromatic rings. The van der Waals surface area contributed by atoms with E-state index in [1.165, 1.54) is 4.90 Å². The molecular formula is C22H26N4O3. The minimum atomic E-state index is -0.857. The number of benzene rings is 1. The van der Waals surface area contributed by atoms with Crippen LogP contribution in [0.4, 0.5) is 0 Å². The van der Waals surface area contributed by atoms with Crippen LogP contribution < -0.4 is 5.32 Å². The van der Waals surface area contributed by atoms with Crippen LogP contribution in [0, 0.1) is 0 Å². The molecule has 0 saturated carbocycles. The van der Waals surface area contributed by atoms with Crippen LogP contribution in [-0.2, 0) is 20.9 Å². The summed E-state index contributed by atoms with van der Waals surface area (Å²) < 4.78 is 0. The van der Waals surface area contributed by atoms with Gasteiger partial charge in [0, 0.05) is 25.8 Å². The lowest BCUT2D eigenvalue weighted by molar-refractivity contribution is -0.159. The van der Waals surface area contributed by atoms with Crippen LogP contribution in [0.2, 0.25) is 0 Å². The Labute approximate surface area is 170 Å². The van der Waals surface area contributed by atoms with Gasteiger partial charge in [0.1, 0.15) is 6.04 Å². The molecule has 1 saturated heterocycles. The fraction of sp³-hybridized carbons (Fsp3) is 0.364. The average molecular weight is 394 g/mol. The number of carbonyl (C=O) groups excluding carboxylic acids is 3. The molecule has 152 valence electrons. The molecule has 3 amide bonds. The Bertz CT molecular complexity index is 842. The molecule has 7 heteroatoms. The van der Waals surface area contributed by atoms with E-state index in [4.69, 9.17) is 0 Å². The number of rotatable bonds is 8. The highest BCUT2D eigenvalue weighted by Crippen LogP contribution is 2.24. The lowest BCUT2D eigenvalue weighted by Crippen LogP contribution is -2.57. The van der Waals surface area contributed by atoms with E-state index in [0.29, 0.717) is 25.2 Å². The number of aromatic nitrogens is 1. The predicted octanol–water partition coefficient (Wildman–Crippen LogP) is 1.91. The molecule has 1 fully saturated rings. The van der Waals surface area contributed by atoms with E-state index in [1.54, 1.807) is 29.3 Å². The number of piperazine rings is 1. The molecule has 1 atom stereocenters. The zero-order valence-electron chi connectivity index (χ0n) is 16.6. The second-order valence-corrected chi connectivity index (χ2v) is 7.00. The van der Waals surface area contributed by atoms with Gasteiger partial charge in [0.2, 0.25) is 5.91 Å². The summed E-state index contributed by atoms with van der Waals surface area (Å²) in [7, 11) is 0. The van der Waals surface area contributed by atoms with Gasteiger partial charge in [0.15, 0.2) is 0 Å². The SMILES string of the molecule is CCCCN1CCN([C@H](C(=O)NCc2ccccn2)c2ccccc2)C(=O)C1=O. The van der Waals surface area contributed by atoms with E-state index in [0.717, 1.165) is 18.5 Å². The lowest BCUT2D eigenvalue weighted by Gasteiger charge is -2.38. The highest BCUT2D eigenvalue weighted by Gasteiger charge is 2.39. The topological polar surface area (TPSA) is 82.6 Å². The van der Waals surface area contributed by atoms with Crippen molar-refractivity contribution >= 4 is 17.7 Å². The van der Waals surface area contributed by atoms with Crippen LogP contribution >= 0.6 is 0 Å². The number of hydrogen-bond acceptors (Lipinski definition) is 4. The highest BCUT2D eigenvalue weighted by molar-refractivity contribution is 6.35. The summed E-state index contributed by atoms with van der Waals surface area (Å²) in [5, 5.41) is 2.86. The molecule has 0 spiro atoms. The third kappa shape index (κ3) is 4.99. The second kappa shape index (κ2) is 9.82. The lowest BCUT2D eigenvalue weighted by atomic mass is 10.0. The molecule has 0 radical (unpaired) electrons. The first-order valence-corrected chi connectivity index (χ1v) is 9.94. The molecule has 1 N–H and O–H groups in total. The van der Waals surface area contributed by atoms with Crippen LogP contribution in [-0.4, -0.2) is 52.1 Å². The zero-order chi connectivity index (χ0) is 20.6. The zero-order valence-corrected chi connectivity index (χ0v) is 16.6. The van der Waals surface area contributed by atoms with E-state index in [2.05, 4.69) is 10.3 Å². The number of nitrogens with zero attached hydrogens (tertiary/aromatic N) is 3. The largest absolute Gasteiger partial charge is 0.348 e. The first-order chi connectivity index (χ1) is 14.1. The summed E-state index contributed by atoms with van der Waals surface area (Å²) in [6.07, 6.45) is 3.46. The van der Waals surface area contributed by atoms with Crippen LogP contribution in [0.1, 0.15) is 37.1 Å². The van der Waals surface area contributed by atoms with Crippen LogP contribution in [0.5, 0.6) is 0 Å². The maximum absolute atomic E-state index is 13.1. The van der Waals surface area contributed by atoms with Crippen LogP contribution in [0.3, 0.4) is 0 Å². The summed E-state index contributed by atoms with van der Waals surface area (Å²) in [6.45, 7) is 3.62. The monoisotopic (exact) mass is 394 g/mol. The maximum atomic E-state index is 13.1. The van der Waals surface area contributed by atoms with E-state index in [-0.39, 0.29) is 12.5 Å². The van der Waals surface area contributed by atoms with Gasteiger partial charge in [-0.05, 0) is 24.1 Å². The Morgan fingerprint density at radius 3 is 2.52 bits per heavy atom. The van der Waals surface area contributed by atoms with Crippen LogP contribution in [0.25, 0.3) is 0 Å². The van der Waals surface area contributed by atoms with Gasteiger partial charge in [0.25, 0.3) is 0 Å². The number of nitrogens with one attached hydrogen (secondary N) is 1. The molecule has 0 bridgehead atoms. The minimum Gasteiger partial charge on any atom is -0.348 e. The Hall–Kier alpha value is -3.22. The molecule has 29 heavy (non-hydrogen) atoms. The molecule has 1 aromatic carbocycles. The molecule has 1 aliphatic heterocycles. The Morgan fingerprint density at radius 2 is 1.83 bits per heavy atom. The van der Waals surface area contributed by atoms with Crippen molar-refractivity contribution in [1.29, 1.82) is 0 Å². The molecular weight excluding hydrogens is 368 g/mol. The summed E-state index contributed by atoms with van der Waals surface area (Å²) >= 11 is 0. The summed E-state index contributed by atoms with van der Waals surface area (Å²) in [6, 6.07) is 13.7. The molecule has 1 aliphatic rings. The number of carbonyl (C=O) groups is 3. The van der Waals surface area contributed by atoms with Crippen molar-refractivity contribution in [3.63, 3.8) is 0 Å². The van der Waals surface area contributed by atoms with E-state index < -0.39 is 17.9 Å². The fourth-order valence-electron chi connectivity index (χ4n) is 3.38. The first-order valence-electron chi connectivity index (χ1n) is 9.94. The van der Waals surface area contributed by atoms with Gasteiger partial charge < -0.3 is 15.1 Å². The quantitative estimate of drug-likeness (QED) is 0.694. The van der Waals surface area contributed by atoms with E-state index >= 15 is 0 Å². The fourth-order valence-corrected chi connectivity index (χ4v) is 3.38. The molecule has 3 rings (SSSR count). The Balaban J connectivity index is 1.78. The second-order valence-electron chi connectivity index (χ2n) is 7.00. The van der Waals surface area contributed by atoms with Gasteiger partial charge in [-0.3, -0.25) is 19.4 Å². The van der Waals surface area contributed by atoms with Gasteiger partial charge in [-0.15, -0.1) is 0 Å². The summed E-state index contributed by atoms with van der Waals surface area (Å²) in [5.74, 6) is -1.50. The Morgan fingerprint density at radius 1 is 1.07 bits per heavy atom. The van der Waals surface area contributed by atoms with Crippen molar-refractivity contribution in [1.82, 2.24) is 20.1 Å². The standard InChI is InChI=1S/C22H26N4O3/c1-2-3-13-25-14-15-26(22(29)21(25)28)19(17-9-5-4-6-10-17)20(27)24-16-18-11-7-8-12-23-18/h4-12,19H,2-3,13-16H2,1H3,(H,24,27)/t19-/m0/s1. The molecule has 0 aliphatic carbocycles. The normalized spacial score (nSPS) is 15.3. The van der Waals surface area contributed by atoms with Crippen LogP contribution in [0.15, 0.2) is 54.7 Å². The van der Waals surface area contributed by atoms with Crippen molar-refractivity contribution in [3.05, 3.63) is 66.0 Å². The van der Waals surface area contributed by atoms with Crippen molar-refractivity contribution in [3.8, 4) is 0 Å². The molecule has 7 nitrogen and oxygen atoms in total. The van der Waals surface area contributed by atoms with Crippen molar-refractivity contribution in [2.24, 2.45) is 0 Å². The van der Waals surface area contributed by atoms with Gasteiger partial charge in [-0.2, -0.15) is 0 Å². The van der Waals surface area contributed by atoms with Crippen molar-refractivity contribution in [2.45, 2.75) is 32.4 Å². The van der Waals surface area contributed by atoms with Crippen molar-refractivity contribution in [2.75, 3.05) is 19.6 Å². The first kappa shape index (κ1) is 20.5. The number of pyridine rings is 1. The maximum Gasteiger partial charge on any atom is 0.313 e. The number of amides is 3. The summed E-state index contributed by atoms with van der Waals surface area (Å²) in [5.41, 5.74) is 1.40. The average Bonchev–Trinajstić information content (AvgIpc) is 2.76. The van der Waals surface area contributed by atoms with Gasteiger partial charge in [-0.1, -0.05) is 49.7 Å². The number of hydrogen-bond donors (Lipinski definition) is 1. The van der Waals surface area contributed by atoms with Gasteiger partial charge >= 0.3 is 11.8 Å². The van der Waals surface area contributed by atoms with E-state index in [1.807, 2.05) is 37.3 Å². The predicted molar refractivity (Wildman–Crippen MR) is 108 cm³/mol. The minimum absolute atomic E-state index is 0.252. The highest BCUT2D eigenvalue weighted by atomic mass is 16.2. The third-order valence-corrected chi connectivity index (χ3v) is 4.97. The molecule has 1 aromatic heterocycles. The van der Waals surface area contributed by atoms with Crippen molar-refractivity contribution < 1.29 is 14.4 Å². The number of unbranched alkanes of at least 4 members (excludes halogenated alkanes) is 1. The molecule has 0 unspecified atom stereocenters. The van der Waals surface area contributed by atoms with E-state index in [9.17, 15) is 14.4 Å². The molecule has 2 heterocycles.